The second-order valence-corrected chi connectivity index (χ2v) is 5.41. The molecule has 1 nitrogen and oxygen atoms in total. The quantitative estimate of drug-likeness (QED) is 0.725. The van der Waals surface area contributed by atoms with Crippen LogP contribution in [-0.4, -0.2) is 6.29 Å². The van der Waals surface area contributed by atoms with Gasteiger partial charge >= 0.3 is 0 Å². The average molecular weight is 252 g/mol. The zero-order valence-electron chi connectivity index (χ0n) is 11.6. The van der Waals surface area contributed by atoms with Crippen LogP contribution in [0.3, 0.4) is 0 Å². The van der Waals surface area contributed by atoms with Gasteiger partial charge in [-0.1, -0.05) is 62.4 Å². The molecular formula is C18H20O. The summed E-state index contributed by atoms with van der Waals surface area (Å²) in [6, 6.07) is 16.5. The number of carbonyl (C=O) groups excluding carboxylic acids is 1. The molecule has 0 N–H and O–H groups in total. The highest BCUT2D eigenvalue weighted by Crippen LogP contribution is 2.15. The van der Waals surface area contributed by atoms with Crippen LogP contribution in [0.5, 0.6) is 0 Å². The lowest BCUT2D eigenvalue weighted by Crippen LogP contribution is -1.96. The molecule has 0 heterocycles. The summed E-state index contributed by atoms with van der Waals surface area (Å²) in [6.07, 6.45) is 2.87. The summed E-state index contributed by atoms with van der Waals surface area (Å²) >= 11 is 0. The summed E-state index contributed by atoms with van der Waals surface area (Å²) in [4.78, 5) is 11.0. The molecule has 19 heavy (non-hydrogen) atoms. The van der Waals surface area contributed by atoms with Crippen LogP contribution in [0.1, 0.15) is 40.9 Å². The molecule has 0 saturated carbocycles. The van der Waals surface area contributed by atoms with E-state index in [1.165, 1.54) is 11.1 Å². The van der Waals surface area contributed by atoms with Gasteiger partial charge in [0.05, 0.1) is 0 Å². The first-order valence-electron chi connectivity index (χ1n) is 6.80. The molecule has 0 aliphatic rings. The van der Waals surface area contributed by atoms with Crippen molar-refractivity contribution in [1.82, 2.24) is 0 Å². The zero-order valence-corrected chi connectivity index (χ0v) is 11.6. The Morgan fingerprint density at radius 3 is 2.21 bits per heavy atom. The van der Waals surface area contributed by atoms with E-state index in [0.717, 1.165) is 30.3 Å². The van der Waals surface area contributed by atoms with Gasteiger partial charge in [-0.05, 0) is 35.4 Å². The SMILES string of the molecule is CC(C)Cc1ccc(Cc2ccccc2C=O)cc1. The fraction of sp³-hybridized carbons (Fsp3) is 0.278. The van der Waals surface area contributed by atoms with Crippen molar-refractivity contribution in [2.75, 3.05) is 0 Å². The van der Waals surface area contributed by atoms with Crippen molar-refractivity contribution in [3.05, 3.63) is 70.8 Å². The second-order valence-electron chi connectivity index (χ2n) is 5.41. The van der Waals surface area contributed by atoms with E-state index >= 15 is 0 Å². The summed E-state index contributed by atoms with van der Waals surface area (Å²) in [5.41, 5.74) is 4.51. The van der Waals surface area contributed by atoms with Gasteiger partial charge in [-0.15, -0.1) is 0 Å². The van der Waals surface area contributed by atoms with Crippen molar-refractivity contribution in [1.29, 1.82) is 0 Å². The van der Waals surface area contributed by atoms with E-state index in [0.29, 0.717) is 5.92 Å². The highest BCUT2D eigenvalue weighted by molar-refractivity contribution is 5.77. The normalized spacial score (nSPS) is 10.7. The van der Waals surface area contributed by atoms with Gasteiger partial charge < -0.3 is 0 Å². The smallest absolute Gasteiger partial charge is 0.150 e. The van der Waals surface area contributed by atoms with Gasteiger partial charge in [0, 0.05) is 5.56 Å². The molecule has 0 atom stereocenters. The molecule has 0 unspecified atom stereocenters. The van der Waals surface area contributed by atoms with Crippen LogP contribution in [-0.2, 0) is 12.8 Å². The molecule has 2 aromatic rings. The fourth-order valence-electron chi connectivity index (χ4n) is 2.29. The molecule has 0 aromatic heterocycles. The van der Waals surface area contributed by atoms with Crippen molar-refractivity contribution in [2.45, 2.75) is 26.7 Å². The minimum atomic E-state index is 0.682. The number of aldehydes is 1. The van der Waals surface area contributed by atoms with Crippen LogP contribution in [0, 0.1) is 5.92 Å². The van der Waals surface area contributed by atoms with E-state index < -0.39 is 0 Å². The third kappa shape index (κ3) is 3.78. The van der Waals surface area contributed by atoms with E-state index in [2.05, 4.69) is 38.1 Å². The highest BCUT2D eigenvalue weighted by atomic mass is 16.1. The summed E-state index contributed by atoms with van der Waals surface area (Å²) in [5.74, 6) is 0.682. The third-order valence-corrected chi connectivity index (χ3v) is 3.24. The molecule has 0 spiro atoms. The molecular weight excluding hydrogens is 232 g/mol. The van der Waals surface area contributed by atoms with Crippen molar-refractivity contribution in [2.24, 2.45) is 5.92 Å². The lowest BCUT2D eigenvalue weighted by molar-refractivity contribution is 0.112. The van der Waals surface area contributed by atoms with Gasteiger partial charge in [-0.2, -0.15) is 0 Å². The topological polar surface area (TPSA) is 17.1 Å². The van der Waals surface area contributed by atoms with Crippen LogP contribution in [0.25, 0.3) is 0 Å². The van der Waals surface area contributed by atoms with Crippen molar-refractivity contribution < 1.29 is 4.79 Å². The maximum absolute atomic E-state index is 11.0. The Morgan fingerprint density at radius 1 is 0.947 bits per heavy atom. The van der Waals surface area contributed by atoms with E-state index in [-0.39, 0.29) is 0 Å². The van der Waals surface area contributed by atoms with Gasteiger partial charge in [-0.3, -0.25) is 4.79 Å². The van der Waals surface area contributed by atoms with Gasteiger partial charge in [0.25, 0.3) is 0 Å². The van der Waals surface area contributed by atoms with Crippen LogP contribution >= 0.6 is 0 Å². The van der Waals surface area contributed by atoms with Crippen molar-refractivity contribution in [3.8, 4) is 0 Å². The lowest BCUT2D eigenvalue weighted by Gasteiger charge is -2.08. The molecule has 0 saturated heterocycles. The molecule has 98 valence electrons. The molecule has 0 aliphatic heterocycles. The molecule has 2 rings (SSSR count). The standard InChI is InChI=1S/C18H20O/c1-14(2)11-15-7-9-16(10-8-15)12-17-5-3-4-6-18(17)13-19/h3-10,13-14H,11-12H2,1-2H3. The number of rotatable bonds is 5. The Hall–Kier alpha value is -1.89. The van der Waals surface area contributed by atoms with Crippen LogP contribution in [0.15, 0.2) is 48.5 Å². The van der Waals surface area contributed by atoms with Gasteiger partial charge in [-0.25, -0.2) is 0 Å². The van der Waals surface area contributed by atoms with Crippen molar-refractivity contribution in [3.63, 3.8) is 0 Å². The summed E-state index contributed by atoms with van der Waals surface area (Å²) in [6.45, 7) is 4.46. The average Bonchev–Trinajstić information content (AvgIpc) is 2.41. The largest absolute Gasteiger partial charge is 0.298 e. The Labute approximate surface area is 115 Å². The van der Waals surface area contributed by atoms with Crippen LogP contribution in [0.2, 0.25) is 0 Å². The first kappa shape index (κ1) is 13.5. The number of hydrogen-bond acceptors (Lipinski definition) is 1. The maximum atomic E-state index is 11.0. The monoisotopic (exact) mass is 252 g/mol. The first-order valence-corrected chi connectivity index (χ1v) is 6.80. The molecule has 1 heteroatoms. The number of carbonyl (C=O) groups is 1. The van der Waals surface area contributed by atoms with Gasteiger partial charge in [0.2, 0.25) is 0 Å². The number of benzene rings is 2. The van der Waals surface area contributed by atoms with Crippen LogP contribution < -0.4 is 0 Å². The second kappa shape index (κ2) is 6.33. The van der Waals surface area contributed by atoms with E-state index in [1.54, 1.807) is 0 Å². The zero-order chi connectivity index (χ0) is 13.7. The fourth-order valence-corrected chi connectivity index (χ4v) is 2.29. The summed E-state index contributed by atoms with van der Waals surface area (Å²) in [5, 5.41) is 0. The Bertz CT molecular complexity index is 538. The highest BCUT2D eigenvalue weighted by Gasteiger charge is 2.03. The predicted octanol–water partition coefficient (Wildman–Crippen LogP) is 4.29. The van der Waals surface area contributed by atoms with E-state index in [4.69, 9.17) is 0 Å². The first-order chi connectivity index (χ1) is 9.19. The van der Waals surface area contributed by atoms with Gasteiger partial charge in [0.1, 0.15) is 6.29 Å². The number of hydrogen-bond donors (Lipinski definition) is 0. The lowest BCUT2D eigenvalue weighted by atomic mass is 9.97. The molecule has 0 bridgehead atoms. The Kier molecular flexibility index (Phi) is 4.51. The van der Waals surface area contributed by atoms with E-state index in [1.807, 2.05) is 24.3 Å². The van der Waals surface area contributed by atoms with Crippen LogP contribution in [0.4, 0.5) is 0 Å². The van der Waals surface area contributed by atoms with Gasteiger partial charge in [0.15, 0.2) is 0 Å². The summed E-state index contributed by atoms with van der Waals surface area (Å²) < 4.78 is 0. The van der Waals surface area contributed by atoms with E-state index in [9.17, 15) is 4.79 Å². The molecule has 2 aromatic carbocycles. The molecule has 0 amide bonds. The Morgan fingerprint density at radius 2 is 1.58 bits per heavy atom. The minimum Gasteiger partial charge on any atom is -0.298 e. The summed E-state index contributed by atoms with van der Waals surface area (Å²) in [7, 11) is 0. The third-order valence-electron chi connectivity index (χ3n) is 3.24. The van der Waals surface area contributed by atoms with Crippen molar-refractivity contribution >= 4 is 6.29 Å². The predicted molar refractivity (Wildman–Crippen MR) is 79.6 cm³/mol. The molecule has 0 radical (unpaired) electrons. The molecule has 0 aliphatic carbocycles. The minimum absolute atomic E-state index is 0.682. The maximum Gasteiger partial charge on any atom is 0.150 e. The molecule has 0 fully saturated rings. The Balaban J connectivity index is 2.13.